The van der Waals surface area contributed by atoms with Crippen molar-refractivity contribution in [2.75, 3.05) is 20.8 Å². The normalized spacial score (nSPS) is 19.4. The average molecular weight is 333 g/mol. The monoisotopic (exact) mass is 333 g/mol. The van der Waals surface area contributed by atoms with Gasteiger partial charge in [0, 0.05) is 13.1 Å². The van der Waals surface area contributed by atoms with E-state index in [0.717, 1.165) is 11.1 Å². The topological polar surface area (TPSA) is 97.0 Å². The minimum atomic E-state index is -0.795. The van der Waals surface area contributed by atoms with E-state index < -0.39 is 18.0 Å². The molecule has 0 spiro atoms. The van der Waals surface area contributed by atoms with E-state index in [0.29, 0.717) is 31.0 Å². The Morgan fingerprint density at radius 1 is 1.21 bits per heavy atom. The van der Waals surface area contributed by atoms with Crippen molar-refractivity contribution in [1.82, 2.24) is 15.5 Å². The molecule has 0 radical (unpaired) electrons. The van der Waals surface area contributed by atoms with Gasteiger partial charge in [-0.05, 0) is 29.7 Å². The first-order chi connectivity index (χ1) is 11.5. The summed E-state index contributed by atoms with van der Waals surface area (Å²) < 4.78 is 10.6. The first kappa shape index (κ1) is 16.1. The third-order valence-corrected chi connectivity index (χ3v) is 4.31. The summed E-state index contributed by atoms with van der Waals surface area (Å²) in [4.78, 5) is 36.8. The van der Waals surface area contributed by atoms with Gasteiger partial charge in [0.2, 0.25) is 5.91 Å². The molecule has 0 unspecified atom stereocenters. The minimum Gasteiger partial charge on any atom is -0.493 e. The molecule has 2 heterocycles. The third kappa shape index (κ3) is 2.99. The van der Waals surface area contributed by atoms with Crippen molar-refractivity contribution >= 4 is 17.8 Å². The van der Waals surface area contributed by atoms with Crippen LogP contribution in [-0.4, -0.2) is 49.6 Å². The van der Waals surface area contributed by atoms with Crippen LogP contribution < -0.4 is 20.1 Å². The van der Waals surface area contributed by atoms with E-state index in [2.05, 4.69) is 10.6 Å². The molecule has 2 aliphatic heterocycles. The Morgan fingerprint density at radius 3 is 2.46 bits per heavy atom. The Balaban J connectivity index is 1.71. The fourth-order valence-electron chi connectivity index (χ4n) is 3.00. The smallest absolute Gasteiger partial charge is 0.322 e. The lowest BCUT2D eigenvalue weighted by molar-refractivity contribution is -0.134. The van der Waals surface area contributed by atoms with Crippen LogP contribution in [0.25, 0.3) is 0 Å². The van der Waals surface area contributed by atoms with Crippen LogP contribution in [0, 0.1) is 0 Å². The molecule has 24 heavy (non-hydrogen) atoms. The van der Waals surface area contributed by atoms with Crippen LogP contribution in [0.2, 0.25) is 0 Å². The average Bonchev–Trinajstić information content (AvgIpc) is 2.90. The number of methoxy groups -OCH3 is 2. The minimum absolute atomic E-state index is 0.0415. The largest absolute Gasteiger partial charge is 0.493 e. The summed E-state index contributed by atoms with van der Waals surface area (Å²) in [5.74, 6) is 0.657. The number of hydrogen-bond acceptors (Lipinski definition) is 5. The molecule has 8 nitrogen and oxygen atoms in total. The highest BCUT2D eigenvalue weighted by Crippen LogP contribution is 2.33. The van der Waals surface area contributed by atoms with E-state index in [-0.39, 0.29) is 12.3 Å². The molecule has 2 aliphatic rings. The molecule has 1 saturated heterocycles. The SMILES string of the molecule is COc1cc2c(cc1OC)CN(C(=O)C[C@H]1NC(=O)NC1=O)CC2. The molecule has 0 aliphatic carbocycles. The Morgan fingerprint density at radius 2 is 1.88 bits per heavy atom. The van der Waals surface area contributed by atoms with Crippen molar-refractivity contribution in [2.45, 2.75) is 25.4 Å². The number of nitrogens with one attached hydrogen (secondary N) is 2. The molecule has 1 fully saturated rings. The summed E-state index contributed by atoms with van der Waals surface area (Å²) in [6, 6.07) is 2.45. The molecule has 3 rings (SSSR count). The van der Waals surface area contributed by atoms with Gasteiger partial charge in [-0.2, -0.15) is 0 Å². The molecular formula is C16H19N3O5. The van der Waals surface area contributed by atoms with Crippen LogP contribution >= 0.6 is 0 Å². The van der Waals surface area contributed by atoms with E-state index >= 15 is 0 Å². The quantitative estimate of drug-likeness (QED) is 0.767. The molecule has 0 aromatic heterocycles. The second-order valence-electron chi connectivity index (χ2n) is 5.76. The lowest BCUT2D eigenvalue weighted by Crippen LogP contribution is -2.41. The molecule has 128 valence electrons. The Hall–Kier alpha value is -2.77. The van der Waals surface area contributed by atoms with Crippen LogP contribution in [0.1, 0.15) is 17.5 Å². The number of hydrogen-bond donors (Lipinski definition) is 2. The number of ether oxygens (including phenoxy) is 2. The zero-order valence-electron chi connectivity index (χ0n) is 13.5. The summed E-state index contributed by atoms with van der Waals surface area (Å²) >= 11 is 0. The molecule has 1 aromatic carbocycles. The Labute approximate surface area is 139 Å². The van der Waals surface area contributed by atoms with Gasteiger partial charge in [-0.3, -0.25) is 14.9 Å². The number of fused-ring (bicyclic) bond motifs is 1. The Kier molecular flexibility index (Phi) is 4.28. The predicted octanol–water partition coefficient (Wildman–Crippen LogP) is 0.187. The number of carbonyl (C=O) groups is 3. The molecular weight excluding hydrogens is 314 g/mol. The van der Waals surface area contributed by atoms with Crippen molar-refractivity contribution in [1.29, 1.82) is 0 Å². The molecule has 4 amide bonds. The zero-order valence-corrected chi connectivity index (χ0v) is 13.5. The summed E-state index contributed by atoms with van der Waals surface area (Å²) in [7, 11) is 3.15. The maximum absolute atomic E-state index is 12.4. The van der Waals surface area contributed by atoms with Gasteiger partial charge in [0.15, 0.2) is 11.5 Å². The van der Waals surface area contributed by atoms with Crippen molar-refractivity contribution in [3.8, 4) is 11.5 Å². The molecule has 0 saturated carbocycles. The fraction of sp³-hybridized carbons (Fsp3) is 0.438. The van der Waals surface area contributed by atoms with E-state index in [1.807, 2.05) is 12.1 Å². The summed E-state index contributed by atoms with van der Waals surface area (Å²) in [6.07, 6.45) is 0.658. The zero-order chi connectivity index (χ0) is 17.3. The second kappa shape index (κ2) is 6.38. The summed E-state index contributed by atoms with van der Waals surface area (Å²) in [5.41, 5.74) is 2.11. The van der Waals surface area contributed by atoms with Crippen molar-refractivity contribution in [3.05, 3.63) is 23.3 Å². The first-order valence-corrected chi connectivity index (χ1v) is 7.64. The van der Waals surface area contributed by atoms with Gasteiger partial charge in [-0.25, -0.2) is 4.79 Å². The van der Waals surface area contributed by atoms with Gasteiger partial charge < -0.3 is 19.7 Å². The van der Waals surface area contributed by atoms with Crippen molar-refractivity contribution < 1.29 is 23.9 Å². The first-order valence-electron chi connectivity index (χ1n) is 7.64. The van der Waals surface area contributed by atoms with Gasteiger partial charge in [0.25, 0.3) is 5.91 Å². The van der Waals surface area contributed by atoms with Gasteiger partial charge in [-0.15, -0.1) is 0 Å². The summed E-state index contributed by atoms with van der Waals surface area (Å²) in [5, 5.41) is 4.57. The number of amides is 4. The van der Waals surface area contributed by atoms with E-state index in [9.17, 15) is 14.4 Å². The van der Waals surface area contributed by atoms with Crippen molar-refractivity contribution in [2.24, 2.45) is 0 Å². The van der Waals surface area contributed by atoms with Crippen LogP contribution in [0.5, 0.6) is 11.5 Å². The lowest BCUT2D eigenvalue weighted by atomic mass is 9.98. The molecule has 0 bridgehead atoms. The molecule has 2 N–H and O–H groups in total. The molecule has 8 heteroatoms. The highest BCUT2D eigenvalue weighted by Gasteiger charge is 2.33. The maximum Gasteiger partial charge on any atom is 0.322 e. The molecule has 1 atom stereocenters. The number of imide groups is 1. The van der Waals surface area contributed by atoms with E-state index in [4.69, 9.17) is 9.47 Å². The number of rotatable bonds is 4. The third-order valence-electron chi connectivity index (χ3n) is 4.31. The van der Waals surface area contributed by atoms with Gasteiger partial charge in [0.05, 0.1) is 20.6 Å². The number of urea groups is 1. The van der Waals surface area contributed by atoms with Crippen LogP contribution in [0.15, 0.2) is 12.1 Å². The van der Waals surface area contributed by atoms with Crippen LogP contribution in [-0.2, 0) is 22.6 Å². The van der Waals surface area contributed by atoms with Crippen LogP contribution in [0.4, 0.5) is 4.79 Å². The summed E-state index contributed by atoms with van der Waals surface area (Å²) in [6.45, 7) is 1.00. The lowest BCUT2D eigenvalue weighted by Gasteiger charge is -2.30. The maximum atomic E-state index is 12.4. The van der Waals surface area contributed by atoms with Gasteiger partial charge in [0.1, 0.15) is 6.04 Å². The van der Waals surface area contributed by atoms with E-state index in [1.165, 1.54) is 0 Å². The highest BCUT2D eigenvalue weighted by atomic mass is 16.5. The number of benzene rings is 1. The van der Waals surface area contributed by atoms with E-state index in [1.54, 1.807) is 19.1 Å². The van der Waals surface area contributed by atoms with Crippen LogP contribution in [0.3, 0.4) is 0 Å². The highest BCUT2D eigenvalue weighted by molar-refractivity contribution is 6.05. The fourth-order valence-corrected chi connectivity index (χ4v) is 3.00. The second-order valence-corrected chi connectivity index (χ2v) is 5.76. The standard InChI is InChI=1S/C16H19N3O5/c1-23-12-5-9-3-4-19(8-10(9)6-13(12)24-2)14(20)7-11-15(21)18-16(22)17-11/h5-6,11H,3-4,7-8H2,1-2H3,(H2,17,18,21,22)/t11-/m1/s1. The Bertz CT molecular complexity index is 703. The number of nitrogens with zero attached hydrogens (tertiary/aromatic N) is 1. The molecule has 1 aromatic rings. The number of carbonyl (C=O) groups excluding carboxylic acids is 3. The van der Waals surface area contributed by atoms with Crippen molar-refractivity contribution in [3.63, 3.8) is 0 Å². The van der Waals surface area contributed by atoms with Gasteiger partial charge >= 0.3 is 6.03 Å². The van der Waals surface area contributed by atoms with Gasteiger partial charge in [-0.1, -0.05) is 0 Å². The predicted molar refractivity (Wildman–Crippen MR) is 83.7 cm³/mol.